The molecule has 178 valence electrons. The maximum atomic E-state index is 12.5. The molecule has 2 N–H and O–H groups in total. The number of benzene rings is 3. The smallest absolute Gasteiger partial charge is 0.251 e. The predicted octanol–water partition coefficient (Wildman–Crippen LogP) is 4.25. The first kappa shape index (κ1) is 24.0. The van der Waals surface area contributed by atoms with Crippen molar-refractivity contribution in [3.05, 3.63) is 95.8 Å². The Morgan fingerprint density at radius 2 is 1.74 bits per heavy atom. The van der Waals surface area contributed by atoms with Gasteiger partial charge in [-0.15, -0.1) is 10.2 Å². The first-order valence-corrected chi connectivity index (χ1v) is 11.9. The van der Waals surface area contributed by atoms with E-state index in [2.05, 4.69) is 20.8 Å². The van der Waals surface area contributed by atoms with Crippen molar-refractivity contribution in [2.75, 3.05) is 18.2 Å². The Bertz CT molecular complexity index is 1310. The number of carbonyl (C=O) groups is 2. The van der Waals surface area contributed by atoms with Crippen LogP contribution in [-0.4, -0.2) is 39.4 Å². The number of rotatable bonds is 9. The third-order valence-corrected chi connectivity index (χ3v) is 6.04. The van der Waals surface area contributed by atoms with Gasteiger partial charge in [0.05, 0.1) is 19.4 Å². The molecule has 1 aromatic heterocycles. The molecule has 8 nitrogen and oxygen atoms in total. The fourth-order valence-corrected chi connectivity index (χ4v) is 4.16. The molecule has 0 unspecified atom stereocenters. The van der Waals surface area contributed by atoms with Gasteiger partial charge in [0.15, 0.2) is 11.0 Å². The van der Waals surface area contributed by atoms with Crippen LogP contribution in [0, 0.1) is 6.92 Å². The van der Waals surface area contributed by atoms with Gasteiger partial charge in [-0.05, 0) is 61.0 Å². The van der Waals surface area contributed by atoms with Gasteiger partial charge in [-0.25, -0.2) is 0 Å². The summed E-state index contributed by atoms with van der Waals surface area (Å²) in [6, 6.07) is 24.0. The third-order valence-electron chi connectivity index (χ3n) is 5.11. The number of thioether (sulfide) groups is 1. The fraction of sp³-hybridized carbons (Fsp3) is 0.154. The molecule has 0 saturated carbocycles. The van der Waals surface area contributed by atoms with Crippen molar-refractivity contribution in [3.63, 3.8) is 0 Å². The van der Waals surface area contributed by atoms with E-state index in [1.165, 1.54) is 11.8 Å². The minimum Gasteiger partial charge on any atom is -0.497 e. The molecule has 1 heterocycles. The van der Waals surface area contributed by atoms with Crippen LogP contribution in [0.3, 0.4) is 0 Å². The fourth-order valence-electron chi connectivity index (χ4n) is 3.39. The van der Waals surface area contributed by atoms with E-state index in [1.54, 1.807) is 43.5 Å². The van der Waals surface area contributed by atoms with Crippen molar-refractivity contribution < 1.29 is 14.3 Å². The molecular formula is C26H25N5O3S. The monoisotopic (exact) mass is 487 g/mol. The number of hydrogen-bond acceptors (Lipinski definition) is 6. The number of anilines is 1. The van der Waals surface area contributed by atoms with Gasteiger partial charge in [0.2, 0.25) is 5.91 Å². The van der Waals surface area contributed by atoms with E-state index in [-0.39, 0.29) is 24.1 Å². The maximum Gasteiger partial charge on any atom is 0.251 e. The average Bonchev–Trinajstić information content (AvgIpc) is 3.30. The minimum atomic E-state index is -0.197. The van der Waals surface area contributed by atoms with Crippen molar-refractivity contribution in [2.24, 2.45) is 0 Å². The molecule has 0 radical (unpaired) electrons. The lowest BCUT2D eigenvalue weighted by atomic mass is 10.2. The van der Waals surface area contributed by atoms with Gasteiger partial charge in [0.25, 0.3) is 5.91 Å². The lowest BCUT2D eigenvalue weighted by molar-refractivity contribution is -0.113. The molecular weight excluding hydrogens is 462 g/mol. The number of nitrogens with one attached hydrogen (secondary N) is 2. The summed E-state index contributed by atoms with van der Waals surface area (Å²) in [5.41, 5.74) is 3.18. The SMILES string of the molecule is COc1ccc(NC(=O)CSc2nnc(CNC(=O)c3ccccc3)n2-c2cccc(C)c2)cc1. The summed E-state index contributed by atoms with van der Waals surface area (Å²) in [6.45, 7) is 2.19. The zero-order chi connectivity index (χ0) is 24.6. The van der Waals surface area contributed by atoms with Crippen LogP contribution in [0.1, 0.15) is 21.7 Å². The van der Waals surface area contributed by atoms with E-state index < -0.39 is 0 Å². The molecule has 0 aliphatic heterocycles. The minimum absolute atomic E-state index is 0.145. The van der Waals surface area contributed by atoms with Gasteiger partial charge in [0, 0.05) is 16.9 Å². The molecule has 0 atom stereocenters. The highest BCUT2D eigenvalue weighted by molar-refractivity contribution is 7.99. The Morgan fingerprint density at radius 1 is 0.971 bits per heavy atom. The summed E-state index contributed by atoms with van der Waals surface area (Å²) >= 11 is 1.27. The quantitative estimate of drug-likeness (QED) is 0.343. The van der Waals surface area contributed by atoms with Crippen molar-refractivity contribution in [3.8, 4) is 11.4 Å². The van der Waals surface area contributed by atoms with Crippen molar-refractivity contribution in [1.29, 1.82) is 0 Å². The summed E-state index contributed by atoms with van der Waals surface area (Å²) in [5.74, 6) is 1.07. The molecule has 0 aliphatic carbocycles. The van der Waals surface area contributed by atoms with Crippen LogP contribution in [0.4, 0.5) is 5.69 Å². The van der Waals surface area contributed by atoms with Gasteiger partial charge in [0.1, 0.15) is 5.75 Å². The molecule has 4 rings (SSSR count). The lowest BCUT2D eigenvalue weighted by Gasteiger charge is -2.12. The summed E-state index contributed by atoms with van der Waals surface area (Å²) in [4.78, 5) is 25.1. The normalized spacial score (nSPS) is 10.6. The summed E-state index contributed by atoms with van der Waals surface area (Å²) in [7, 11) is 1.59. The number of aryl methyl sites for hydroxylation is 1. The van der Waals surface area contributed by atoms with Crippen LogP contribution in [0.25, 0.3) is 5.69 Å². The topological polar surface area (TPSA) is 98.1 Å². The van der Waals surface area contributed by atoms with E-state index in [1.807, 2.05) is 54.0 Å². The zero-order valence-electron chi connectivity index (χ0n) is 19.4. The van der Waals surface area contributed by atoms with Gasteiger partial charge in [-0.1, -0.05) is 42.1 Å². The summed E-state index contributed by atoms with van der Waals surface area (Å²) in [6.07, 6.45) is 0. The summed E-state index contributed by atoms with van der Waals surface area (Å²) in [5, 5.41) is 14.9. The lowest BCUT2D eigenvalue weighted by Crippen LogP contribution is -2.24. The molecule has 2 amide bonds. The molecule has 0 aliphatic rings. The van der Waals surface area contributed by atoms with Crippen molar-refractivity contribution in [2.45, 2.75) is 18.6 Å². The largest absolute Gasteiger partial charge is 0.497 e. The van der Waals surface area contributed by atoms with Gasteiger partial charge in [-0.3, -0.25) is 14.2 Å². The van der Waals surface area contributed by atoms with E-state index in [4.69, 9.17) is 4.74 Å². The molecule has 0 saturated heterocycles. The number of aromatic nitrogens is 3. The Kier molecular flexibility index (Phi) is 7.79. The average molecular weight is 488 g/mol. The molecule has 0 bridgehead atoms. The van der Waals surface area contributed by atoms with Crippen LogP contribution in [0.15, 0.2) is 84.0 Å². The Balaban J connectivity index is 1.48. The van der Waals surface area contributed by atoms with Gasteiger partial charge in [-0.2, -0.15) is 0 Å². The molecule has 35 heavy (non-hydrogen) atoms. The second-order valence-electron chi connectivity index (χ2n) is 7.69. The first-order chi connectivity index (χ1) is 17.0. The Hall–Kier alpha value is -4.11. The number of amides is 2. The third kappa shape index (κ3) is 6.27. The maximum absolute atomic E-state index is 12.5. The van der Waals surface area contributed by atoms with Gasteiger partial charge < -0.3 is 15.4 Å². The van der Waals surface area contributed by atoms with Crippen LogP contribution in [0.2, 0.25) is 0 Å². The van der Waals surface area contributed by atoms with E-state index in [0.717, 1.165) is 17.0 Å². The number of ether oxygens (including phenoxy) is 1. The Labute approximate surface area is 207 Å². The van der Waals surface area contributed by atoms with E-state index >= 15 is 0 Å². The van der Waals surface area contributed by atoms with Crippen molar-refractivity contribution in [1.82, 2.24) is 20.1 Å². The number of carbonyl (C=O) groups excluding carboxylic acids is 2. The number of hydrogen-bond donors (Lipinski definition) is 2. The predicted molar refractivity (Wildman–Crippen MR) is 136 cm³/mol. The van der Waals surface area contributed by atoms with E-state index in [0.29, 0.717) is 22.2 Å². The van der Waals surface area contributed by atoms with Crippen molar-refractivity contribution >= 4 is 29.3 Å². The van der Waals surface area contributed by atoms with E-state index in [9.17, 15) is 9.59 Å². The standard InChI is InChI=1S/C26H25N5O3S/c1-18-7-6-10-21(15-18)31-23(16-27-25(33)19-8-4-3-5-9-19)29-30-26(31)35-17-24(32)28-20-11-13-22(34-2)14-12-20/h3-15H,16-17H2,1-2H3,(H,27,33)(H,28,32). The molecule has 3 aromatic carbocycles. The first-order valence-electron chi connectivity index (χ1n) is 10.9. The van der Waals surface area contributed by atoms with Crippen LogP contribution in [-0.2, 0) is 11.3 Å². The highest BCUT2D eigenvalue weighted by atomic mass is 32.2. The number of nitrogens with zero attached hydrogens (tertiary/aromatic N) is 3. The highest BCUT2D eigenvalue weighted by Crippen LogP contribution is 2.23. The van der Waals surface area contributed by atoms with Crippen LogP contribution >= 0.6 is 11.8 Å². The number of methoxy groups -OCH3 is 1. The Morgan fingerprint density at radius 3 is 2.46 bits per heavy atom. The highest BCUT2D eigenvalue weighted by Gasteiger charge is 2.17. The zero-order valence-corrected chi connectivity index (χ0v) is 20.2. The second-order valence-corrected chi connectivity index (χ2v) is 8.63. The summed E-state index contributed by atoms with van der Waals surface area (Å²) < 4.78 is 7.01. The molecule has 9 heteroatoms. The molecule has 0 spiro atoms. The van der Waals surface area contributed by atoms with Crippen LogP contribution in [0.5, 0.6) is 5.75 Å². The molecule has 4 aromatic rings. The van der Waals surface area contributed by atoms with Crippen LogP contribution < -0.4 is 15.4 Å². The second kappa shape index (κ2) is 11.3. The van der Waals surface area contributed by atoms with Gasteiger partial charge >= 0.3 is 0 Å². The molecule has 0 fully saturated rings.